The summed E-state index contributed by atoms with van der Waals surface area (Å²) in [4.78, 5) is 26.8. The molecule has 1 fully saturated rings. The summed E-state index contributed by atoms with van der Waals surface area (Å²) in [6.45, 7) is 5.48. The third-order valence-corrected chi connectivity index (χ3v) is 5.36. The van der Waals surface area contributed by atoms with E-state index in [-0.39, 0.29) is 11.2 Å². The van der Waals surface area contributed by atoms with Crippen molar-refractivity contribution in [3.05, 3.63) is 41.9 Å². The number of benzene rings is 1. The number of hydrogen-bond donors (Lipinski definition) is 3. The zero-order valence-electron chi connectivity index (χ0n) is 15.6. The first-order chi connectivity index (χ1) is 12.9. The van der Waals surface area contributed by atoms with Crippen LogP contribution in [0.3, 0.4) is 0 Å². The molecular weight excluding hydrogens is 340 g/mol. The highest BCUT2D eigenvalue weighted by Gasteiger charge is 2.29. The molecular formula is C20H24N6O. The number of aromatic amines is 1. The number of piperidine rings is 1. The van der Waals surface area contributed by atoms with E-state index in [2.05, 4.69) is 21.8 Å². The van der Waals surface area contributed by atoms with Crippen molar-refractivity contribution < 1.29 is 4.79 Å². The Hall–Kier alpha value is -2.93. The van der Waals surface area contributed by atoms with Crippen molar-refractivity contribution in [3.63, 3.8) is 0 Å². The second-order valence-electron chi connectivity index (χ2n) is 7.59. The molecule has 0 radical (unpaired) electrons. The van der Waals surface area contributed by atoms with Crippen LogP contribution in [0, 0.1) is 6.92 Å². The number of rotatable bonds is 3. The number of hydrogen-bond acceptors (Lipinski definition) is 5. The summed E-state index contributed by atoms with van der Waals surface area (Å²) in [5, 5.41) is 1.01. The van der Waals surface area contributed by atoms with Crippen molar-refractivity contribution in [2.75, 3.05) is 18.0 Å². The van der Waals surface area contributed by atoms with E-state index < -0.39 is 5.91 Å². The van der Waals surface area contributed by atoms with Crippen LogP contribution in [-0.2, 0) is 0 Å². The molecule has 1 aromatic carbocycles. The van der Waals surface area contributed by atoms with Gasteiger partial charge in [-0.1, -0.05) is 18.2 Å². The Morgan fingerprint density at radius 3 is 2.63 bits per heavy atom. The van der Waals surface area contributed by atoms with Crippen LogP contribution in [0.15, 0.2) is 30.5 Å². The van der Waals surface area contributed by atoms with Crippen molar-refractivity contribution >= 4 is 22.8 Å². The Kier molecular flexibility index (Phi) is 4.11. The second kappa shape index (κ2) is 6.35. The number of nitrogens with one attached hydrogen (secondary N) is 1. The maximum absolute atomic E-state index is 12.2. The lowest BCUT2D eigenvalue weighted by molar-refractivity contribution is 0.0996. The molecule has 2 aromatic heterocycles. The molecule has 5 N–H and O–H groups in total. The smallest absolute Gasteiger partial charge is 0.268 e. The number of para-hydroxylation sites is 1. The SMILES string of the molecule is Cc1nc(N2CCC(C)(N)CC2)nc(C(N)=O)c1-c1c[nH]c2ccccc12. The molecule has 27 heavy (non-hydrogen) atoms. The lowest BCUT2D eigenvalue weighted by Gasteiger charge is -2.37. The normalized spacial score (nSPS) is 16.6. The molecule has 0 unspecified atom stereocenters. The summed E-state index contributed by atoms with van der Waals surface area (Å²) < 4.78 is 0. The van der Waals surface area contributed by atoms with Crippen LogP contribution in [0.1, 0.15) is 35.9 Å². The van der Waals surface area contributed by atoms with Crippen molar-refractivity contribution in [1.82, 2.24) is 15.0 Å². The highest BCUT2D eigenvalue weighted by Crippen LogP contribution is 2.33. The number of fused-ring (bicyclic) bond motifs is 1. The Morgan fingerprint density at radius 1 is 1.22 bits per heavy atom. The molecule has 1 aliphatic heterocycles. The molecule has 0 atom stereocenters. The summed E-state index contributed by atoms with van der Waals surface area (Å²) >= 11 is 0. The third-order valence-electron chi connectivity index (χ3n) is 5.36. The zero-order valence-corrected chi connectivity index (χ0v) is 15.6. The number of amides is 1. The topological polar surface area (TPSA) is 114 Å². The summed E-state index contributed by atoms with van der Waals surface area (Å²) in [7, 11) is 0. The van der Waals surface area contributed by atoms with Gasteiger partial charge >= 0.3 is 0 Å². The van der Waals surface area contributed by atoms with Gasteiger partial charge in [0.25, 0.3) is 5.91 Å². The monoisotopic (exact) mass is 364 g/mol. The molecule has 0 spiro atoms. The number of nitrogens with zero attached hydrogens (tertiary/aromatic N) is 3. The van der Waals surface area contributed by atoms with Crippen LogP contribution in [0.4, 0.5) is 5.95 Å². The van der Waals surface area contributed by atoms with Crippen molar-refractivity contribution in [2.24, 2.45) is 11.5 Å². The Balaban J connectivity index is 1.81. The highest BCUT2D eigenvalue weighted by atomic mass is 16.1. The molecule has 1 saturated heterocycles. The molecule has 0 aliphatic carbocycles. The van der Waals surface area contributed by atoms with Gasteiger partial charge in [-0.3, -0.25) is 4.79 Å². The minimum atomic E-state index is -0.553. The fourth-order valence-electron chi connectivity index (χ4n) is 3.70. The fraction of sp³-hybridized carbons (Fsp3) is 0.350. The average Bonchev–Trinajstić information content (AvgIpc) is 3.04. The van der Waals surface area contributed by atoms with Gasteiger partial charge in [0.2, 0.25) is 5.95 Å². The van der Waals surface area contributed by atoms with Crippen LogP contribution < -0.4 is 16.4 Å². The van der Waals surface area contributed by atoms with E-state index in [0.29, 0.717) is 11.5 Å². The summed E-state index contributed by atoms with van der Waals surface area (Å²) in [5.74, 6) is -0.0110. The van der Waals surface area contributed by atoms with Gasteiger partial charge in [0.05, 0.1) is 5.69 Å². The van der Waals surface area contributed by atoms with Gasteiger partial charge in [0, 0.05) is 46.9 Å². The number of H-pyrrole nitrogens is 1. The Morgan fingerprint density at radius 2 is 1.93 bits per heavy atom. The first-order valence-electron chi connectivity index (χ1n) is 9.14. The van der Waals surface area contributed by atoms with E-state index in [1.54, 1.807) is 0 Å². The minimum Gasteiger partial charge on any atom is -0.364 e. The maximum atomic E-state index is 12.2. The van der Waals surface area contributed by atoms with Crippen LogP contribution in [0.5, 0.6) is 0 Å². The van der Waals surface area contributed by atoms with Gasteiger partial charge in [-0.05, 0) is 32.8 Å². The summed E-state index contributed by atoms with van der Waals surface area (Å²) in [6.07, 6.45) is 3.58. The molecule has 0 bridgehead atoms. The number of primary amides is 1. The summed E-state index contributed by atoms with van der Waals surface area (Å²) in [6, 6.07) is 7.92. The van der Waals surface area contributed by atoms with Gasteiger partial charge in [0.15, 0.2) is 0 Å². The lowest BCUT2D eigenvalue weighted by atomic mass is 9.91. The predicted molar refractivity (Wildman–Crippen MR) is 107 cm³/mol. The molecule has 7 nitrogen and oxygen atoms in total. The van der Waals surface area contributed by atoms with E-state index in [1.807, 2.05) is 37.4 Å². The van der Waals surface area contributed by atoms with Crippen molar-refractivity contribution in [3.8, 4) is 11.1 Å². The molecule has 4 rings (SSSR count). The number of carbonyl (C=O) groups excluding carboxylic acids is 1. The van der Waals surface area contributed by atoms with E-state index in [4.69, 9.17) is 16.5 Å². The van der Waals surface area contributed by atoms with Crippen LogP contribution in [0.2, 0.25) is 0 Å². The van der Waals surface area contributed by atoms with E-state index in [1.165, 1.54) is 0 Å². The number of aromatic nitrogens is 3. The number of aryl methyl sites for hydroxylation is 1. The second-order valence-corrected chi connectivity index (χ2v) is 7.59. The quantitative estimate of drug-likeness (QED) is 0.660. The van der Waals surface area contributed by atoms with E-state index in [9.17, 15) is 4.79 Å². The lowest BCUT2D eigenvalue weighted by Crippen LogP contribution is -2.48. The molecule has 1 aliphatic rings. The molecule has 140 valence electrons. The zero-order chi connectivity index (χ0) is 19.2. The van der Waals surface area contributed by atoms with Crippen molar-refractivity contribution in [1.29, 1.82) is 0 Å². The average molecular weight is 364 g/mol. The molecule has 1 amide bonds. The molecule has 3 aromatic rings. The number of carbonyl (C=O) groups is 1. The number of anilines is 1. The van der Waals surface area contributed by atoms with Crippen LogP contribution >= 0.6 is 0 Å². The first kappa shape index (κ1) is 17.5. The first-order valence-corrected chi connectivity index (χ1v) is 9.14. The summed E-state index contributed by atoms with van der Waals surface area (Å²) in [5.41, 5.74) is 15.3. The van der Waals surface area contributed by atoms with Crippen LogP contribution in [0.25, 0.3) is 22.0 Å². The van der Waals surface area contributed by atoms with Gasteiger partial charge in [-0.2, -0.15) is 0 Å². The Labute approximate surface area is 157 Å². The van der Waals surface area contributed by atoms with E-state index in [0.717, 1.165) is 48.1 Å². The van der Waals surface area contributed by atoms with E-state index >= 15 is 0 Å². The molecule has 3 heterocycles. The molecule has 7 heteroatoms. The minimum absolute atomic E-state index is 0.165. The van der Waals surface area contributed by atoms with Gasteiger partial charge in [0.1, 0.15) is 5.69 Å². The molecule has 0 saturated carbocycles. The largest absolute Gasteiger partial charge is 0.364 e. The number of nitrogens with two attached hydrogens (primary N) is 2. The fourth-order valence-corrected chi connectivity index (χ4v) is 3.70. The van der Waals surface area contributed by atoms with Crippen LogP contribution in [-0.4, -0.2) is 39.5 Å². The standard InChI is InChI=1S/C20H24N6O/c1-12-16(14-11-23-15-6-4-3-5-13(14)15)17(18(21)27)25-19(24-12)26-9-7-20(2,22)8-10-26/h3-6,11,23H,7-10,22H2,1-2H3,(H2,21,27). The van der Waals surface area contributed by atoms with Gasteiger partial charge in [-0.15, -0.1) is 0 Å². The van der Waals surface area contributed by atoms with Gasteiger partial charge in [-0.25, -0.2) is 9.97 Å². The highest BCUT2D eigenvalue weighted by molar-refractivity contribution is 6.04. The third kappa shape index (κ3) is 3.14. The maximum Gasteiger partial charge on any atom is 0.268 e. The Bertz CT molecular complexity index is 1010. The van der Waals surface area contributed by atoms with Gasteiger partial charge < -0.3 is 21.4 Å². The predicted octanol–water partition coefficient (Wildman–Crippen LogP) is 2.35. The van der Waals surface area contributed by atoms with Crippen molar-refractivity contribution in [2.45, 2.75) is 32.2 Å².